The lowest BCUT2D eigenvalue weighted by atomic mass is 10.0. The first-order valence-electron chi connectivity index (χ1n) is 15.9. The number of amides is 1. The zero-order chi connectivity index (χ0) is 32.6. The average molecular weight is 625 g/mol. The van der Waals surface area contributed by atoms with Crippen LogP contribution in [0.3, 0.4) is 0 Å². The van der Waals surface area contributed by atoms with Crippen LogP contribution in [-0.2, 0) is 20.7 Å². The van der Waals surface area contributed by atoms with Gasteiger partial charge in [0.2, 0.25) is 5.91 Å². The molecular formula is C40H36N2O5. The summed E-state index contributed by atoms with van der Waals surface area (Å²) in [6.07, 6.45) is 1.36. The van der Waals surface area contributed by atoms with Crippen molar-refractivity contribution in [2.24, 2.45) is 0 Å². The molecule has 0 bridgehead atoms. The second kappa shape index (κ2) is 14.6. The zero-order valence-corrected chi connectivity index (χ0v) is 26.2. The highest BCUT2D eigenvalue weighted by atomic mass is 16.5. The van der Waals surface area contributed by atoms with E-state index in [9.17, 15) is 14.4 Å². The zero-order valence-electron chi connectivity index (χ0n) is 26.2. The molecule has 2 N–H and O–H groups in total. The van der Waals surface area contributed by atoms with Crippen LogP contribution in [0.4, 0.5) is 11.4 Å². The van der Waals surface area contributed by atoms with E-state index in [0.29, 0.717) is 36.4 Å². The minimum absolute atomic E-state index is 0.0441. The topological polar surface area (TPSA) is 97.6 Å². The van der Waals surface area contributed by atoms with Crippen molar-refractivity contribution in [3.8, 4) is 11.3 Å². The highest BCUT2D eigenvalue weighted by Gasteiger charge is 2.20. The fourth-order valence-electron chi connectivity index (χ4n) is 5.61. The first kappa shape index (κ1) is 31.3. The number of nitrogens with one attached hydrogen (secondary N) is 2. The van der Waals surface area contributed by atoms with Crippen molar-refractivity contribution < 1.29 is 23.5 Å². The van der Waals surface area contributed by atoms with E-state index in [4.69, 9.17) is 9.15 Å². The molecule has 0 spiro atoms. The van der Waals surface area contributed by atoms with Gasteiger partial charge in [-0.3, -0.25) is 14.4 Å². The Bertz CT molecular complexity index is 1980. The van der Waals surface area contributed by atoms with E-state index >= 15 is 0 Å². The smallest absolute Gasteiger partial charge is 0.305 e. The largest absolute Gasteiger partial charge is 0.466 e. The number of furan rings is 1. The Kier molecular flexibility index (Phi) is 9.73. The minimum atomic E-state index is -0.600. The number of anilines is 2. The summed E-state index contributed by atoms with van der Waals surface area (Å²) in [5.41, 5.74) is 4.71. The molecule has 0 aliphatic heterocycles. The Morgan fingerprint density at radius 2 is 1.43 bits per heavy atom. The number of fused-ring (bicyclic) bond motifs is 2. The number of hydrogen-bond donors (Lipinski definition) is 2. The van der Waals surface area contributed by atoms with Crippen LogP contribution in [0.1, 0.15) is 42.1 Å². The van der Waals surface area contributed by atoms with E-state index in [2.05, 4.69) is 34.9 Å². The lowest BCUT2D eigenvalue weighted by Crippen LogP contribution is -2.36. The number of hydrogen-bond acceptors (Lipinski definition) is 6. The molecule has 1 atom stereocenters. The first-order valence-corrected chi connectivity index (χ1v) is 15.9. The minimum Gasteiger partial charge on any atom is -0.466 e. The number of Topliss-reactive ketones (excluding diaryl/α,β-unsaturated/α-hetero) is 1. The van der Waals surface area contributed by atoms with E-state index in [1.165, 1.54) is 0 Å². The van der Waals surface area contributed by atoms with Gasteiger partial charge in [-0.25, -0.2) is 0 Å². The first-order chi connectivity index (χ1) is 22.9. The van der Waals surface area contributed by atoms with E-state index in [1.54, 1.807) is 31.2 Å². The third kappa shape index (κ3) is 7.94. The van der Waals surface area contributed by atoms with Gasteiger partial charge < -0.3 is 19.8 Å². The van der Waals surface area contributed by atoms with Crippen LogP contribution in [0.15, 0.2) is 126 Å². The van der Waals surface area contributed by atoms with Crippen molar-refractivity contribution in [1.82, 2.24) is 0 Å². The summed E-state index contributed by atoms with van der Waals surface area (Å²) >= 11 is 0. The van der Waals surface area contributed by atoms with E-state index < -0.39 is 6.04 Å². The predicted molar refractivity (Wildman–Crippen MR) is 187 cm³/mol. The average Bonchev–Trinajstić information content (AvgIpc) is 3.53. The molecule has 0 saturated carbocycles. The van der Waals surface area contributed by atoms with Gasteiger partial charge in [-0.15, -0.1) is 0 Å². The molecule has 6 aromatic rings. The fourth-order valence-corrected chi connectivity index (χ4v) is 5.61. The van der Waals surface area contributed by atoms with Gasteiger partial charge in [-0.1, -0.05) is 60.7 Å². The number of para-hydroxylation sites is 1. The van der Waals surface area contributed by atoms with Crippen molar-refractivity contribution in [2.45, 2.75) is 38.6 Å². The number of carbonyl (C=O) groups is 3. The molecule has 1 amide bonds. The summed E-state index contributed by atoms with van der Waals surface area (Å²) in [5, 5.41) is 9.74. The molecular weight excluding hydrogens is 588 g/mol. The van der Waals surface area contributed by atoms with Gasteiger partial charge in [0, 0.05) is 47.2 Å². The summed E-state index contributed by atoms with van der Waals surface area (Å²) in [6, 6.07) is 38.4. The molecule has 0 saturated heterocycles. The molecule has 0 unspecified atom stereocenters. The summed E-state index contributed by atoms with van der Waals surface area (Å²) < 4.78 is 10.9. The molecule has 7 nitrogen and oxygen atoms in total. The van der Waals surface area contributed by atoms with Crippen LogP contribution < -0.4 is 10.6 Å². The molecule has 1 heterocycles. The molecule has 0 fully saturated rings. The van der Waals surface area contributed by atoms with Crippen LogP contribution in [0.2, 0.25) is 0 Å². The van der Waals surface area contributed by atoms with Crippen LogP contribution in [0.25, 0.3) is 33.1 Å². The Hall–Kier alpha value is -5.69. The highest BCUT2D eigenvalue weighted by Crippen LogP contribution is 2.29. The second-order valence-electron chi connectivity index (χ2n) is 11.5. The summed E-state index contributed by atoms with van der Waals surface area (Å²) in [4.78, 5) is 38.1. The van der Waals surface area contributed by atoms with E-state index in [1.807, 2.05) is 72.8 Å². The van der Waals surface area contributed by atoms with Gasteiger partial charge >= 0.3 is 5.97 Å². The second-order valence-corrected chi connectivity index (χ2v) is 11.5. The monoisotopic (exact) mass is 624 g/mol. The lowest BCUT2D eigenvalue weighted by Gasteiger charge is -2.20. The maximum Gasteiger partial charge on any atom is 0.305 e. The fraction of sp³-hybridized carbons (Fsp3) is 0.175. The number of ketones is 1. The van der Waals surface area contributed by atoms with Crippen molar-refractivity contribution in [3.05, 3.63) is 132 Å². The normalized spacial score (nSPS) is 11.7. The number of rotatable bonds is 13. The van der Waals surface area contributed by atoms with Crippen LogP contribution in [-0.4, -0.2) is 30.3 Å². The summed E-state index contributed by atoms with van der Waals surface area (Å²) in [7, 11) is 0. The van der Waals surface area contributed by atoms with Crippen molar-refractivity contribution >= 4 is 50.8 Å². The number of ether oxygens (including phenoxy) is 1. The van der Waals surface area contributed by atoms with Gasteiger partial charge in [0.1, 0.15) is 17.4 Å². The van der Waals surface area contributed by atoms with Gasteiger partial charge in [-0.05, 0) is 90.3 Å². The molecule has 1 aromatic heterocycles. The molecule has 0 aliphatic rings. The van der Waals surface area contributed by atoms with Crippen molar-refractivity contribution in [1.29, 1.82) is 0 Å². The van der Waals surface area contributed by atoms with E-state index in [0.717, 1.165) is 38.6 Å². The van der Waals surface area contributed by atoms with Gasteiger partial charge in [0.25, 0.3) is 0 Å². The molecule has 5 aromatic carbocycles. The predicted octanol–water partition coefficient (Wildman–Crippen LogP) is 8.83. The van der Waals surface area contributed by atoms with Gasteiger partial charge in [-0.2, -0.15) is 0 Å². The van der Waals surface area contributed by atoms with Gasteiger partial charge in [0.05, 0.1) is 6.61 Å². The highest BCUT2D eigenvalue weighted by molar-refractivity contribution is 5.98. The van der Waals surface area contributed by atoms with E-state index in [-0.39, 0.29) is 30.5 Å². The number of carbonyl (C=O) groups excluding carboxylic acids is 3. The Morgan fingerprint density at radius 1 is 0.723 bits per heavy atom. The van der Waals surface area contributed by atoms with Crippen LogP contribution in [0.5, 0.6) is 0 Å². The Balaban J connectivity index is 1.16. The Labute approximate surface area is 273 Å². The molecule has 6 rings (SSSR count). The maximum absolute atomic E-state index is 13.8. The van der Waals surface area contributed by atoms with Gasteiger partial charge in [0.15, 0.2) is 5.78 Å². The quantitative estimate of drug-likeness (QED) is 0.0984. The third-order valence-corrected chi connectivity index (χ3v) is 8.07. The van der Waals surface area contributed by atoms with Crippen molar-refractivity contribution in [2.75, 3.05) is 17.2 Å². The molecule has 0 aliphatic carbocycles. The molecule has 236 valence electrons. The molecule has 7 heteroatoms. The third-order valence-electron chi connectivity index (χ3n) is 8.07. The van der Waals surface area contributed by atoms with Crippen molar-refractivity contribution in [3.63, 3.8) is 0 Å². The number of esters is 1. The summed E-state index contributed by atoms with van der Waals surface area (Å²) in [5.74, 6) is 0.241. The lowest BCUT2D eigenvalue weighted by molar-refractivity contribution is -0.143. The molecule has 0 radical (unpaired) electrons. The number of benzene rings is 5. The maximum atomic E-state index is 13.8. The Morgan fingerprint density at radius 3 is 2.17 bits per heavy atom. The molecule has 47 heavy (non-hydrogen) atoms. The summed E-state index contributed by atoms with van der Waals surface area (Å²) in [6.45, 7) is 2.09. The standard InChI is InChI=1S/C40H36N2O5/c1-2-46-39(44)13-7-11-36(43)29-16-20-33(21-17-29)41-35(25-27-14-15-28-8-3-4-9-31(28)24-27)40(45)42-34-22-18-30(19-23-34)38-26-32-10-5-6-12-37(32)47-38/h3-6,8-10,12,14-24,26,35,41H,2,7,11,13,25H2,1H3,(H,42,45)/t35-/m0/s1. The van der Waals surface area contributed by atoms with Crippen LogP contribution in [0, 0.1) is 0 Å². The van der Waals surface area contributed by atoms with Crippen LogP contribution >= 0.6 is 0 Å². The SMILES string of the molecule is CCOC(=O)CCCC(=O)c1ccc(N[C@@H](Cc2ccc3ccccc3c2)C(=O)Nc2ccc(-c3cc4ccccc4o3)cc2)cc1.